The summed E-state index contributed by atoms with van der Waals surface area (Å²) in [5.74, 6) is 0.842. The van der Waals surface area contributed by atoms with Crippen molar-refractivity contribution in [3.63, 3.8) is 0 Å². The average molecular weight is 378 g/mol. The van der Waals surface area contributed by atoms with E-state index in [0.29, 0.717) is 6.61 Å². The Morgan fingerprint density at radius 3 is 2.71 bits per heavy atom. The molecule has 2 N–H and O–H groups in total. The summed E-state index contributed by atoms with van der Waals surface area (Å²) in [4.78, 5) is 12.3. The average Bonchev–Trinajstić information content (AvgIpc) is 3.06. The molecule has 2 aliphatic rings. The number of amides is 2. The van der Waals surface area contributed by atoms with Gasteiger partial charge >= 0.3 is 6.03 Å². The lowest BCUT2D eigenvalue weighted by Gasteiger charge is -2.20. The van der Waals surface area contributed by atoms with Crippen LogP contribution in [0, 0.1) is 6.92 Å². The van der Waals surface area contributed by atoms with Crippen molar-refractivity contribution in [3.8, 4) is 5.75 Å². The number of carbonyl (C=O) groups excluding carboxylic acids is 1. The lowest BCUT2D eigenvalue weighted by atomic mass is 9.94. The van der Waals surface area contributed by atoms with Crippen LogP contribution in [0.3, 0.4) is 0 Å². The maximum Gasteiger partial charge on any atom is 0.355 e. The molecule has 2 amide bonds. The fourth-order valence-corrected chi connectivity index (χ4v) is 3.66. The Morgan fingerprint density at radius 1 is 1.11 bits per heavy atom. The van der Waals surface area contributed by atoms with E-state index in [4.69, 9.17) is 4.74 Å². The normalized spacial score (nSPS) is 17.1. The third-order valence-corrected chi connectivity index (χ3v) is 5.31. The Hall–Kier alpha value is -2.83. The molecule has 4 rings (SSSR count). The van der Waals surface area contributed by atoms with Crippen LogP contribution in [0.2, 0.25) is 0 Å². The van der Waals surface area contributed by atoms with Gasteiger partial charge in [-0.2, -0.15) is 0 Å². The fourth-order valence-electron chi connectivity index (χ4n) is 3.66. The van der Waals surface area contributed by atoms with Gasteiger partial charge in [-0.15, -0.1) is 11.1 Å². The number of hydrazine groups is 3. The first-order valence-electron chi connectivity index (χ1n) is 9.73. The second-order valence-electron chi connectivity index (χ2n) is 7.26. The predicted molar refractivity (Wildman–Crippen MR) is 110 cm³/mol. The summed E-state index contributed by atoms with van der Waals surface area (Å²) in [5.41, 5.74) is 11.2. The number of benzene rings is 2. The highest BCUT2D eigenvalue weighted by Gasteiger charge is 2.28. The molecule has 1 aliphatic carbocycles. The highest BCUT2D eigenvalue weighted by molar-refractivity contribution is 5.92. The minimum absolute atomic E-state index is 0.168. The van der Waals surface area contributed by atoms with Crippen molar-refractivity contribution in [2.75, 3.05) is 12.1 Å². The van der Waals surface area contributed by atoms with E-state index in [9.17, 15) is 4.79 Å². The van der Waals surface area contributed by atoms with Crippen LogP contribution in [0.25, 0.3) is 5.57 Å². The van der Waals surface area contributed by atoms with Gasteiger partial charge in [-0.1, -0.05) is 30.3 Å². The molecule has 0 bridgehead atoms. The van der Waals surface area contributed by atoms with Gasteiger partial charge in [0.1, 0.15) is 12.4 Å². The number of nitrogens with zero attached hydrogens (tertiary/aromatic N) is 2. The molecule has 6 heteroatoms. The highest BCUT2D eigenvalue weighted by atomic mass is 16.5. The van der Waals surface area contributed by atoms with Gasteiger partial charge in [-0.05, 0) is 67.5 Å². The molecule has 1 saturated heterocycles. The van der Waals surface area contributed by atoms with E-state index in [1.165, 1.54) is 34.0 Å². The second kappa shape index (κ2) is 8.04. The van der Waals surface area contributed by atoms with Gasteiger partial charge in [0.25, 0.3) is 0 Å². The largest absolute Gasteiger partial charge is 0.489 e. The van der Waals surface area contributed by atoms with Gasteiger partial charge in [0.2, 0.25) is 0 Å². The Morgan fingerprint density at radius 2 is 1.96 bits per heavy atom. The van der Waals surface area contributed by atoms with E-state index < -0.39 is 0 Å². The minimum Gasteiger partial charge on any atom is -0.489 e. The number of nitrogens with one attached hydrogen (secondary N) is 2. The van der Waals surface area contributed by atoms with Crippen molar-refractivity contribution < 1.29 is 9.53 Å². The van der Waals surface area contributed by atoms with Crippen LogP contribution in [0.5, 0.6) is 5.75 Å². The number of allylic oxidation sites excluding steroid dienone is 2. The summed E-state index contributed by atoms with van der Waals surface area (Å²) in [5, 5.41) is 2.89. The van der Waals surface area contributed by atoms with E-state index in [2.05, 4.69) is 29.3 Å². The summed E-state index contributed by atoms with van der Waals surface area (Å²) >= 11 is 0. The third-order valence-electron chi connectivity index (χ3n) is 5.31. The number of ether oxygens (including phenoxy) is 1. The number of hydrogen-bond acceptors (Lipinski definition) is 4. The van der Waals surface area contributed by atoms with Gasteiger partial charge in [0.05, 0.1) is 5.69 Å². The van der Waals surface area contributed by atoms with Gasteiger partial charge in [-0.3, -0.25) is 0 Å². The van der Waals surface area contributed by atoms with E-state index in [1.807, 2.05) is 37.3 Å². The zero-order chi connectivity index (χ0) is 19.5. The molecule has 1 heterocycles. The zero-order valence-electron chi connectivity index (χ0n) is 16.4. The maximum absolute atomic E-state index is 12.3. The highest BCUT2D eigenvalue weighted by Crippen LogP contribution is 2.30. The zero-order valence-corrected chi connectivity index (χ0v) is 16.4. The first-order valence-corrected chi connectivity index (χ1v) is 9.73. The quantitative estimate of drug-likeness (QED) is 0.813. The van der Waals surface area contributed by atoms with Gasteiger partial charge in [0.15, 0.2) is 0 Å². The van der Waals surface area contributed by atoms with Crippen molar-refractivity contribution in [2.24, 2.45) is 0 Å². The number of urea groups is 1. The summed E-state index contributed by atoms with van der Waals surface area (Å²) in [6.07, 6.45) is 7.17. The molecule has 28 heavy (non-hydrogen) atoms. The van der Waals surface area contributed by atoms with Crippen LogP contribution < -0.4 is 20.8 Å². The molecular formula is C22H26N4O2. The molecule has 146 valence electrons. The Bertz CT molecular complexity index is 909. The Balaban J connectivity index is 1.54. The molecule has 1 fully saturated rings. The summed E-state index contributed by atoms with van der Waals surface area (Å²) in [6, 6.07) is 14.0. The van der Waals surface area contributed by atoms with Crippen LogP contribution in [0.4, 0.5) is 10.5 Å². The van der Waals surface area contributed by atoms with Crippen molar-refractivity contribution in [1.82, 2.24) is 16.1 Å². The minimum atomic E-state index is -0.168. The smallest absolute Gasteiger partial charge is 0.355 e. The third kappa shape index (κ3) is 3.74. The van der Waals surface area contributed by atoms with Crippen LogP contribution in [-0.2, 0) is 6.61 Å². The van der Waals surface area contributed by atoms with Crippen LogP contribution >= 0.6 is 0 Å². The Labute approximate surface area is 165 Å². The number of anilines is 1. The van der Waals surface area contributed by atoms with Crippen LogP contribution in [0.1, 0.15) is 42.4 Å². The Kier molecular flexibility index (Phi) is 5.32. The maximum atomic E-state index is 12.3. The first-order chi connectivity index (χ1) is 13.6. The lowest BCUT2D eigenvalue weighted by molar-refractivity contribution is 0.214. The van der Waals surface area contributed by atoms with Gasteiger partial charge in [0, 0.05) is 12.6 Å². The molecular weight excluding hydrogens is 352 g/mol. The van der Waals surface area contributed by atoms with E-state index in [1.54, 1.807) is 7.05 Å². The standard InChI is InChI=1S/C22H26N4O2/c1-16-8-6-13-21(26-22(27)25(2)23-24-26)20(16)15-28-19-12-7-11-18(14-19)17-9-4-3-5-10-17/h6-9,11-14,23-24H,3-5,10,15H2,1-2H3. The van der Waals surface area contributed by atoms with Crippen LogP contribution in [0.15, 0.2) is 48.5 Å². The summed E-state index contributed by atoms with van der Waals surface area (Å²) < 4.78 is 6.14. The molecule has 1 aliphatic heterocycles. The fraction of sp³-hybridized carbons (Fsp3) is 0.318. The number of aryl methyl sites for hydroxylation is 1. The predicted octanol–water partition coefficient (Wildman–Crippen LogP) is 4.33. The van der Waals surface area contributed by atoms with Gasteiger partial charge in [-0.25, -0.2) is 14.8 Å². The van der Waals surface area contributed by atoms with Crippen molar-refractivity contribution in [3.05, 3.63) is 65.2 Å². The molecule has 6 nitrogen and oxygen atoms in total. The van der Waals surface area contributed by atoms with Crippen molar-refractivity contribution >= 4 is 17.3 Å². The number of carbonyl (C=O) groups is 1. The van der Waals surface area contributed by atoms with Gasteiger partial charge < -0.3 is 4.74 Å². The molecule has 2 aromatic rings. The monoisotopic (exact) mass is 378 g/mol. The molecule has 0 radical (unpaired) electrons. The SMILES string of the molecule is Cc1cccc(N2NNN(C)C2=O)c1COc1cccc(C2=CCCCC2)c1. The molecule has 0 saturated carbocycles. The molecule has 2 aromatic carbocycles. The first kappa shape index (κ1) is 18.5. The van der Waals surface area contributed by atoms with E-state index >= 15 is 0 Å². The van der Waals surface area contributed by atoms with Crippen molar-refractivity contribution in [2.45, 2.75) is 39.2 Å². The van der Waals surface area contributed by atoms with E-state index in [0.717, 1.165) is 35.4 Å². The number of rotatable bonds is 5. The van der Waals surface area contributed by atoms with Crippen LogP contribution in [-0.4, -0.2) is 18.1 Å². The number of hydrogen-bond donors (Lipinski definition) is 2. The lowest BCUT2D eigenvalue weighted by Crippen LogP contribution is -2.38. The summed E-state index contributed by atoms with van der Waals surface area (Å²) in [6.45, 7) is 2.42. The van der Waals surface area contributed by atoms with Crippen molar-refractivity contribution in [1.29, 1.82) is 0 Å². The molecule has 0 aromatic heterocycles. The topological polar surface area (TPSA) is 56.8 Å². The summed E-state index contributed by atoms with van der Waals surface area (Å²) in [7, 11) is 1.67. The molecule has 0 spiro atoms. The van der Waals surface area contributed by atoms with E-state index in [-0.39, 0.29) is 6.03 Å². The molecule has 0 unspecified atom stereocenters. The second-order valence-corrected chi connectivity index (χ2v) is 7.26. The molecule has 0 atom stereocenters.